The van der Waals surface area contributed by atoms with Gasteiger partial charge in [-0.05, 0) is 66.9 Å². The van der Waals surface area contributed by atoms with Gasteiger partial charge in [0.2, 0.25) is 0 Å². The van der Waals surface area contributed by atoms with Crippen molar-refractivity contribution < 1.29 is 18.7 Å². The van der Waals surface area contributed by atoms with E-state index in [0.29, 0.717) is 31.1 Å². The van der Waals surface area contributed by atoms with Crippen molar-refractivity contribution in [3.63, 3.8) is 0 Å². The van der Waals surface area contributed by atoms with Crippen molar-refractivity contribution in [2.45, 2.75) is 18.3 Å². The lowest BCUT2D eigenvalue weighted by Crippen LogP contribution is -2.44. The molecule has 0 spiro atoms. The van der Waals surface area contributed by atoms with Gasteiger partial charge in [-0.25, -0.2) is 4.39 Å². The first-order valence-corrected chi connectivity index (χ1v) is 10.1. The Bertz CT molecular complexity index is 966. The molecule has 0 saturated carbocycles. The maximum absolute atomic E-state index is 13.4. The zero-order valence-corrected chi connectivity index (χ0v) is 16.6. The van der Waals surface area contributed by atoms with Crippen LogP contribution in [0.3, 0.4) is 0 Å². The molecule has 1 amide bonds. The van der Waals surface area contributed by atoms with Crippen LogP contribution in [0.5, 0.6) is 11.5 Å². The van der Waals surface area contributed by atoms with E-state index in [0.717, 1.165) is 24.2 Å². The van der Waals surface area contributed by atoms with Crippen LogP contribution < -0.4 is 10.1 Å². The second-order valence-electron chi connectivity index (χ2n) is 7.52. The van der Waals surface area contributed by atoms with Gasteiger partial charge in [0.15, 0.2) is 0 Å². The van der Waals surface area contributed by atoms with Crippen molar-refractivity contribution in [2.24, 2.45) is 0 Å². The summed E-state index contributed by atoms with van der Waals surface area (Å²) in [5, 5.41) is 3.06. The normalized spacial score (nSPS) is 15.4. The van der Waals surface area contributed by atoms with Crippen LogP contribution in [0.4, 0.5) is 4.39 Å². The fourth-order valence-corrected chi connectivity index (χ4v) is 3.78. The summed E-state index contributed by atoms with van der Waals surface area (Å²) in [6, 6.07) is 23.1. The molecule has 1 fully saturated rings. The average Bonchev–Trinajstić information content (AvgIpc) is 2.80. The van der Waals surface area contributed by atoms with Crippen molar-refractivity contribution in [3.8, 4) is 11.5 Å². The molecule has 3 aromatic rings. The number of amides is 1. The molecule has 1 aliphatic heterocycles. The highest BCUT2D eigenvalue weighted by Gasteiger charge is 2.35. The molecule has 1 heterocycles. The Morgan fingerprint density at radius 3 is 2.20 bits per heavy atom. The number of nitrogens with one attached hydrogen (secondary N) is 1. The molecule has 0 radical (unpaired) electrons. The van der Waals surface area contributed by atoms with Crippen LogP contribution in [0, 0.1) is 5.82 Å². The summed E-state index contributed by atoms with van der Waals surface area (Å²) in [5.41, 5.74) is 1.34. The predicted octanol–water partition coefficient (Wildman–Crippen LogP) is 5.10. The van der Waals surface area contributed by atoms with Gasteiger partial charge in [-0.2, -0.15) is 0 Å². The Balaban J connectivity index is 1.42. The first-order valence-electron chi connectivity index (χ1n) is 10.1. The largest absolute Gasteiger partial charge is 0.457 e. The summed E-state index contributed by atoms with van der Waals surface area (Å²) in [7, 11) is 0. The number of hydrogen-bond acceptors (Lipinski definition) is 3. The molecule has 0 bridgehead atoms. The van der Waals surface area contributed by atoms with E-state index in [-0.39, 0.29) is 17.1 Å². The Labute approximate surface area is 175 Å². The van der Waals surface area contributed by atoms with Gasteiger partial charge >= 0.3 is 0 Å². The first kappa shape index (κ1) is 20.1. The molecule has 0 aromatic heterocycles. The van der Waals surface area contributed by atoms with Crippen molar-refractivity contribution in [2.75, 3.05) is 19.8 Å². The lowest BCUT2D eigenvalue weighted by molar-refractivity contribution is 0.0487. The fraction of sp³-hybridized carbons (Fsp3) is 0.240. The summed E-state index contributed by atoms with van der Waals surface area (Å²) in [6.07, 6.45) is 1.56. The van der Waals surface area contributed by atoms with Gasteiger partial charge in [0.05, 0.1) is 0 Å². The minimum Gasteiger partial charge on any atom is -0.457 e. The van der Waals surface area contributed by atoms with Crippen LogP contribution in [-0.4, -0.2) is 25.7 Å². The van der Waals surface area contributed by atoms with E-state index in [9.17, 15) is 9.18 Å². The van der Waals surface area contributed by atoms with Crippen LogP contribution in [0.2, 0.25) is 0 Å². The summed E-state index contributed by atoms with van der Waals surface area (Å²) < 4.78 is 24.7. The molecule has 0 atom stereocenters. The maximum Gasteiger partial charge on any atom is 0.251 e. The average molecular weight is 405 g/mol. The minimum absolute atomic E-state index is 0.144. The lowest BCUT2D eigenvalue weighted by atomic mass is 9.74. The van der Waals surface area contributed by atoms with Gasteiger partial charge in [0.1, 0.15) is 17.3 Å². The highest BCUT2D eigenvalue weighted by atomic mass is 19.1. The van der Waals surface area contributed by atoms with Gasteiger partial charge in [0, 0.05) is 30.7 Å². The van der Waals surface area contributed by atoms with E-state index in [1.54, 1.807) is 24.3 Å². The number of benzene rings is 3. The quantitative estimate of drug-likeness (QED) is 0.621. The van der Waals surface area contributed by atoms with Gasteiger partial charge < -0.3 is 14.8 Å². The molecule has 3 aromatic carbocycles. The maximum atomic E-state index is 13.4. The molecule has 0 unspecified atom stereocenters. The third-order valence-corrected chi connectivity index (χ3v) is 5.59. The number of carbonyl (C=O) groups is 1. The number of hydrogen-bond donors (Lipinski definition) is 1. The number of halogens is 1. The zero-order valence-electron chi connectivity index (χ0n) is 16.6. The molecule has 4 rings (SSSR count). The molecule has 154 valence electrons. The topological polar surface area (TPSA) is 47.6 Å². The van der Waals surface area contributed by atoms with Crippen LogP contribution in [0.15, 0.2) is 78.9 Å². The summed E-state index contributed by atoms with van der Waals surface area (Å²) in [5.74, 6) is 1.01. The molecule has 0 aliphatic carbocycles. The van der Waals surface area contributed by atoms with Crippen LogP contribution >= 0.6 is 0 Å². The number of carbonyl (C=O) groups excluding carboxylic acids is 1. The number of rotatable bonds is 6. The molecule has 4 nitrogen and oxygen atoms in total. The van der Waals surface area contributed by atoms with Crippen LogP contribution in [-0.2, 0) is 10.2 Å². The first-order chi connectivity index (χ1) is 14.6. The molecular formula is C25H24FNO3. The monoisotopic (exact) mass is 405 g/mol. The highest BCUT2D eigenvalue weighted by molar-refractivity contribution is 5.94. The Kier molecular flexibility index (Phi) is 6.10. The molecule has 5 heteroatoms. The van der Waals surface area contributed by atoms with Crippen LogP contribution in [0.1, 0.15) is 28.8 Å². The standard InChI is InChI=1S/C25H24FNO3/c26-21-10-8-20(9-11-21)25(14-16-29-17-15-25)18-27-24(28)19-6-12-23(13-7-19)30-22-4-2-1-3-5-22/h1-13H,14-18H2,(H,27,28). The predicted molar refractivity (Wildman–Crippen MR) is 113 cm³/mol. The van der Waals surface area contributed by atoms with E-state index < -0.39 is 0 Å². The third-order valence-electron chi connectivity index (χ3n) is 5.59. The fourth-order valence-electron chi connectivity index (χ4n) is 3.78. The summed E-state index contributed by atoms with van der Waals surface area (Å²) >= 11 is 0. The molecular weight excluding hydrogens is 381 g/mol. The zero-order chi connectivity index (χ0) is 20.8. The molecule has 1 aliphatic rings. The van der Waals surface area contributed by atoms with Crippen LogP contribution in [0.25, 0.3) is 0 Å². The Morgan fingerprint density at radius 2 is 1.53 bits per heavy atom. The number of para-hydroxylation sites is 1. The molecule has 1 saturated heterocycles. The van der Waals surface area contributed by atoms with Gasteiger partial charge in [-0.15, -0.1) is 0 Å². The Morgan fingerprint density at radius 1 is 0.900 bits per heavy atom. The second-order valence-corrected chi connectivity index (χ2v) is 7.52. The van der Waals surface area contributed by atoms with E-state index in [1.165, 1.54) is 12.1 Å². The van der Waals surface area contributed by atoms with E-state index in [4.69, 9.17) is 9.47 Å². The second kappa shape index (κ2) is 9.09. The highest BCUT2D eigenvalue weighted by Crippen LogP contribution is 2.34. The minimum atomic E-state index is -0.261. The van der Waals surface area contributed by atoms with Crippen molar-refractivity contribution >= 4 is 5.91 Å². The number of ether oxygens (including phenoxy) is 2. The van der Waals surface area contributed by atoms with Crippen molar-refractivity contribution in [1.29, 1.82) is 0 Å². The third kappa shape index (κ3) is 4.69. The van der Waals surface area contributed by atoms with Crippen molar-refractivity contribution in [1.82, 2.24) is 5.32 Å². The summed E-state index contributed by atoms with van der Waals surface area (Å²) in [4.78, 5) is 12.7. The molecule has 30 heavy (non-hydrogen) atoms. The smallest absolute Gasteiger partial charge is 0.251 e. The van der Waals surface area contributed by atoms with Gasteiger partial charge in [-0.3, -0.25) is 4.79 Å². The van der Waals surface area contributed by atoms with E-state index >= 15 is 0 Å². The van der Waals surface area contributed by atoms with Crippen molar-refractivity contribution in [3.05, 3.63) is 95.8 Å². The lowest BCUT2D eigenvalue weighted by Gasteiger charge is -2.38. The van der Waals surface area contributed by atoms with E-state index in [2.05, 4.69) is 5.32 Å². The Hall–Kier alpha value is -3.18. The molecule has 1 N–H and O–H groups in total. The van der Waals surface area contributed by atoms with Gasteiger partial charge in [0.25, 0.3) is 5.91 Å². The summed E-state index contributed by atoms with van der Waals surface area (Å²) in [6.45, 7) is 1.72. The van der Waals surface area contributed by atoms with E-state index in [1.807, 2.05) is 42.5 Å². The SMILES string of the molecule is O=C(NCC1(c2ccc(F)cc2)CCOCC1)c1ccc(Oc2ccccc2)cc1. The van der Waals surface area contributed by atoms with Gasteiger partial charge in [-0.1, -0.05) is 30.3 Å².